The lowest BCUT2D eigenvalue weighted by atomic mass is 10.3. The lowest BCUT2D eigenvalue weighted by Crippen LogP contribution is -2.48. The van der Waals surface area contributed by atoms with Gasteiger partial charge in [0.2, 0.25) is 0 Å². The molecule has 0 amide bonds. The maximum atomic E-state index is 11.7. The Kier molecular flexibility index (Phi) is 3.00. The molecule has 0 aromatic rings. The predicted octanol–water partition coefficient (Wildman–Crippen LogP) is 2.39. The predicted molar refractivity (Wildman–Crippen MR) is 29.3 cm³/mol. The number of nitrogens with zero attached hydrogens (tertiary/aromatic N) is 1. The van der Waals surface area contributed by atoms with Crippen molar-refractivity contribution in [1.82, 2.24) is 4.90 Å². The molecule has 0 saturated carbocycles. The summed E-state index contributed by atoms with van der Waals surface area (Å²) in [6.07, 6.45) is -9.81. The van der Waals surface area contributed by atoms with E-state index in [-0.39, 0.29) is 0 Å². The third-order valence-electron chi connectivity index (χ3n) is 1.45. The van der Waals surface area contributed by atoms with E-state index >= 15 is 0 Å². The van der Waals surface area contributed by atoms with E-state index < -0.39 is 23.4 Å². The van der Waals surface area contributed by atoms with Gasteiger partial charge in [-0.25, -0.2) is 4.90 Å². The van der Waals surface area contributed by atoms with Crippen molar-refractivity contribution in [3.8, 4) is 0 Å². The minimum atomic E-state index is -4.95. The molecule has 1 atom stereocenters. The second-order valence-corrected chi connectivity index (χ2v) is 2.30. The van der Waals surface area contributed by atoms with E-state index in [1.54, 1.807) is 0 Å². The van der Waals surface area contributed by atoms with Gasteiger partial charge in [0.1, 0.15) is 6.04 Å². The Hall–Kier alpha value is -0.460. The van der Waals surface area contributed by atoms with Crippen LogP contribution in [0, 0.1) is 0 Å². The number of hydrogen-bond acceptors (Lipinski definition) is 1. The third-order valence-corrected chi connectivity index (χ3v) is 1.45. The molecule has 0 fully saturated rings. The first kappa shape index (κ1) is 11.5. The lowest BCUT2D eigenvalue weighted by molar-refractivity contribution is -0.289. The Balaban J connectivity index is 4.41. The average molecular weight is 195 g/mol. The van der Waals surface area contributed by atoms with Crippen molar-refractivity contribution in [2.75, 3.05) is 7.05 Å². The fraction of sp³-hybridized carbons (Fsp3) is 1.00. The molecule has 0 radical (unpaired) electrons. The highest BCUT2D eigenvalue weighted by Gasteiger charge is 2.48. The van der Waals surface area contributed by atoms with E-state index in [1.165, 1.54) is 0 Å². The van der Waals surface area contributed by atoms with Crippen LogP contribution in [0.3, 0.4) is 0 Å². The normalized spacial score (nSPS) is 16.8. The molecule has 0 aliphatic rings. The van der Waals surface area contributed by atoms with Crippen molar-refractivity contribution < 1.29 is 26.3 Å². The van der Waals surface area contributed by atoms with Crippen LogP contribution in [0.25, 0.3) is 0 Å². The highest BCUT2D eigenvalue weighted by Crippen LogP contribution is 2.30. The number of rotatable bonds is 1. The van der Waals surface area contributed by atoms with Gasteiger partial charge in [0, 0.05) is 0 Å². The summed E-state index contributed by atoms with van der Waals surface area (Å²) in [6, 6.07) is -2.52. The van der Waals surface area contributed by atoms with Gasteiger partial charge in [0.25, 0.3) is 0 Å². The highest BCUT2D eigenvalue weighted by atomic mass is 19.4. The van der Waals surface area contributed by atoms with Crippen LogP contribution < -0.4 is 0 Å². The minimum absolute atomic E-state index is 0.359. The van der Waals surface area contributed by atoms with Crippen LogP contribution in [0.2, 0.25) is 0 Å². The standard InChI is InChI=1S/C5H7F6N/c1-3(4(6,7)8)12(2)5(9,10)11/h3H,1-2H3. The maximum Gasteiger partial charge on any atom is 0.460 e. The Morgan fingerprint density at radius 3 is 1.42 bits per heavy atom. The van der Waals surface area contributed by atoms with E-state index in [0.717, 1.165) is 0 Å². The molecule has 0 bridgehead atoms. The average Bonchev–Trinajstić information content (AvgIpc) is 1.80. The number of hydrogen-bond donors (Lipinski definition) is 0. The first-order valence-corrected chi connectivity index (χ1v) is 2.93. The van der Waals surface area contributed by atoms with Crippen LogP contribution in [0.4, 0.5) is 26.3 Å². The minimum Gasteiger partial charge on any atom is -0.206 e. The first-order chi connectivity index (χ1) is 5.07. The molecule has 0 heterocycles. The largest absolute Gasteiger partial charge is 0.460 e. The number of alkyl halides is 6. The molecule has 74 valence electrons. The molecule has 0 aromatic heterocycles. The van der Waals surface area contributed by atoms with Crippen LogP contribution in [0.1, 0.15) is 6.92 Å². The second kappa shape index (κ2) is 3.12. The Labute approximate surface area is 65.0 Å². The SMILES string of the molecule is CC(N(C)C(F)(F)F)C(F)(F)F. The van der Waals surface area contributed by atoms with Crippen molar-refractivity contribution in [2.24, 2.45) is 0 Å². The van der Waals surface area contributed by atoms with Gasteiger partial charge in [0.15, 0.2) is 0 Å². The van der Waals surface area contributed by atoms with E-state index in [4.69, 9.17) is 0 Å². The van der Waals surface area contributed by atoms with Crippen molar-refractivity contribution in [3.05, 3.63) is 0 Å². The summed E-state index contributed by atoms with van der Waals surface area (Å²) in [4.78, 5) is -0.688. The van der Waals surface area contributed by atoms with Crippen molar-refractivity contribution in [1.29, 1.82) is 0 Å². The number of halogens is 6. The molecule has 0 aliphatic carbocycles. The van der Waals surface area contributed by atoms with Gasteiger partial charge in [-0.15, -0.1) is 0 Å². The summed E-state index contributed by atoms with van der Waals surface area (Å²) in [5.41, 5.74) is 0. The van der Waals surface area contributed by atoms with E-state index in [9.17, 15) is 26.3 Å². The molecule has 1 nitrogen and oxygen atoms in total. The van der Waals surface area contributed by atoms with Gasteiger partial charge in [-0.2, -0.15) is 26.3 Å². The van der Waals surface area contributed by atoms with Crippen LogP contribution in [-0.2, 0) is 0 Å². The Morgan fingerprint density at radius 2 is 1.33 bits per heavy atom. The van der Waals surface area contributed by atoms with Gasteiger partial charge in [-0.1, -0.05) is 0 Å². The molecule has 1 unspecified atom stereocenters. The molecule has 0 spiro atoms. The fourth-order valence-electron chi connectivity index (χ4n) is 0.439. The lowest BCUT2D eigenvalue weighted by Gasteiger charge is -2.28. The van der Waals surface area contributed by atoms with Gasteiger partial charge in [-0.3, -0.25) is 0 Å². The van der Waals surface area contributed by atoms with E-state index in [0.29, 0.717) is 14.0 Å². The summed E-state index contributed by atoms with van der Waals surface area (Å²) in [6.45, 7) is 0.452. The fourth-order valence-corrected chi connectivity index (χ4v) is 0.439. The van der Waals surface area contributed by atoms with E-state index in [1.807, 2.05) is 0 Å². The molecule has 0 N–H and O–H groups in total. The molecular formula is C5H7F6N. The summed E-state index contributed by atoms with van der Waals surface area (Å²) in [7, 11) is 0.359. The summed E-state index contributed by atoms with van der Waals surface area (Å²) in [5, 5.41) is 0. The summed E-state index contributed by atoms with van der Waals surface area (Å²) >= 11 is 0. The van der Waals surface area contributed by atoms with Gasteiger partial charge >= 0.3 is 12.5 Å². The summed E-state index contributed by atoms with van der Waals surface area (Å²) in [5.74, 6) is 0. The zero-order chi connectivity index (χ0) is 10.2. The zero-order valence-electron chi connectivity index (χ0n) is 6.29. The maximum absolute atomic E-state index is 11.7. The Bertz CT molecular complexity index is 129. The van der Waals surface area contributed by atoms with Crippen LogP contribution in [0.5, 0.6) is 0 Å². The molecular weight excluding hydrogens is 188 g/mol. The van der Waals surface area contributed by atoms with Crippen LogP contribution >= 0.6 is 0 Å². The van der Waals surface area contributed by atoms with Crippen molar-refractivity contribution in [2.45, 2.75) is 25.4 Å². The van der Waals surface area contributed by atoms with Gasteiger partial charge in [-0.05, 0) is 14.0 Å². The highest BCUT2D eigenvalue weighted by molar-refractivity contribution is 4.72. The molecule has 0 rings (SSSR count). The third kappa shape index (κ3) is 2.88. The van der Waals surface area contributed by atoms with Crippen molar-refractivity contribution >= 4 is 0 Å². The molecule has 0 saturated heterocycles. The second-order valence-electron chi connectivity index (χ2n) is 2.30. The zero-order valence-corrected chi connectivity index (χ0v) is 6.29. The first-order valence-electron chi connectivity index (χ1n) is 2.93. The molecule has 0 aromatic carbocycles. The van der Waals surface area contributed by atoms with Gasteiger partial charge in [0.05, 0.1) is 0 Å². The molecule has 7 heteroatoms. The Morgan fingerprint density at radius 1 is 1.00 bits per heavy atom. The van der Waals surface area contributed by atoms with E-state index in [2.05, 4.69) is 0 Å². The quantitative estimate of drug-likeness (QED) is 0.458. The van der Waals surface area contributed by atoms with Crippen LogP contribution in [-0.4, -0.2) is 30.5 Å². The van der Waals surface area contributed by atoms with Gasteiger partial charge < -0.3 is 0 Å². The molecule has 12 heavy (non-hydrogen) atoms. The monoisotopic (exact) mass is 195 g/mol. The van der Waals surface area contributed by atoms with Crippen molar-refractivity contribution in [3.63, 3.8) is 0 Å². The van der Waals surface area contributed by atoms with Crippen LogP contribution in [0.15, 0.2) is 0 Å². The topological polar surface area (TPSA) is 3.24 Å². The summed E-state index contributed by atoms with van der Waals surface area (Å²) < 4.78 is 70.0. The smallest absolute Gasteiger partial charge is 0.206 e. The molecule has 0 aliphatic heterocycles.